The third-order valence-electron chi connectivity index (χ3n) is 4.26. The largest absolute Gasteiger partial charge is 0.490 e. The molecule has 1 heterocycles. The van der Waals surface area contributed by atoms with Crippen LogP contribution >= 0.6 is 0 Å². The van der Waals surface area contributed by atoms with E-state index in [0.29, 0.717) is 24.5 Å². The maximum Gasteiger partial charge on any atom is 0.336 e. The SMILES string of the molecule is Cc1cc(=O)oc2cc(OCCOc3ccc(C(C)(C)C)cc3)ccc12. The molecule has 0 N–H and O–H groups in total. The van der Waals surface area contributed by atoms with Crippen LogP contribution in [0, 0.1) is 6.92 Å². The van der Waals surface area contributed by atoms with E-state index in [-0.39, 0.29) is 11.0 Å². The molecule has 4 nitrogen and oxygen atoms in total. The Morgan fingerprint density at radius 1 is 0.885 bits per heavy atom. The summed E-state index contributed by atoms with van der Waals surface area (Å²) < 4.78 is 16.7. The van der Waals surface area contributed by atoms with Crippen LogP contribution in [0.1, 0.15) is 31.9 Å². The first-order valence-electron chi connectivity index (χ1n) is 8.73. The zero-order valence-corrected chi connectivity index (χ0v) is 15.7. The van der Waals surface area contributed by atoms with Crippen molar-refractivity contribution in [2.24, 2.45) is 0 Å². The number of hydrogen-bond donors (Lipinski definition) is 0. The summed E-state index contributed by atoms with van der Waals surface area (Å²) in [6, 6.07) is 15.1. The highest BCUT2D eigenvalue weighted by atomic mass is 16.5. The lowest BCUT2D eigenvalue weighted by molar-refractivity contribution is 0.217. The van der Waals surface area contributed by atoms with Gasteiger partial charge in [-0.2, -0.15) is 0 Å². The number of benzene rings is 2. The molecule has 2 aromatic carbocycles. The van der Waals surface area contributed by atoms with Gasteiger partial charge in [-0.3, -0.25) is 0 Å². The van der Waals surface area contributed by atoms with Crippen molar-refractivity contribution in [2.45, 2.75) is 33.1 Å². The minimum Gasteiger partial charge on any atom is -0.490 e. The molecule has 0 aliphatic heterocycles. The number of ether oxygens (including phenoxy) is 2. The van der Waals surface area contributed by atoms with E-state index in [9.17, 15) is 4.79 Å². The van der Waals surface area contributed by atoms with Crippen molar-refractivity contribution in [1.29, 1.82) is 0 Å². The van der Waals surface area contributed by atoms with E-state index in [1.165, 1.54) is 11.6 Å². The molecule has 0 unspecified atom stereocenters. The van der Waals surface area contributed by atoms with Crippen LogP contribution in [0.5, 0.6) is 11.5 Å². The minimum atomic E-state index is -0.353. The Morgan fingerprint density at radius 2 is 1.50 bits per heavy atom. The van der Waals surface area contributed by atoms with Crippen LogP contribution in [0.3, 0.4) is 0 Å². The number of hydrogen-bond acceptors (Lipinski definition) is 4. The zero-order valence-electron chi connectivity index (χ0n) is 15.7. The van der Waals surface area contributed by atoms with Crippen molar-refractivity contribution in [3.8, 4) is 11.5 Å². The average molecular weight is 352 g/mol. The van der Waals surface area contributed by atoms with Crippen LogP contribution < -0.4 is 15.1 Å². The molecule has 0 fully saturated rings. The summed E-state index contributed by atoms with van der Waals surface area (Å²) in [5.74, 6) is 1.47. The molecule has 3 aromatic rings. The van der Waals surface area contributed by atoms with Crippen LogP contribution in [0.2, 0.25) is 0 Å². The van der Waals surface area contributed by atoms with Gasteiger partial charge in [-0.1, -0.05) is 32.9 Å². The highest BCUT2D eigenvalue weighted by molar-refractivity contribution is 5.81. The molecule has 0 saturated carbocycles. The molecule has 0 bridgehead atoms. The molecule has 0 aliphatic rings. The van der Waals surface area contributed by atoms with Gasteiger partial charge in [-0.25, -0.2) is 4.79 Å². The van der Waals surface area contributed by atoms with Crippen molar-refractivity contribution in [3.05, 3.63) is 70.1 Å². The van der Waals surface area contributed by atoms with Crippen LogP contribution in [0.4, 0.5) is 0 Å². The van der Waals surface area contributed by atoms with Gasteiger partial charge in [-0.15, -0.1) is 0 Å². The molecule has 4 heteroatoms. The zero-order chi connectivity index (χ0) is 18.7. The second kappa shape index (κ2) is 7.24. The van der Waals surface area contributed by atoms with E-state index in [2.05, 4.69) is 32.9 Å². The minimum absolute atomic E-state index is 0.130. The first-order valence-corrected chi connectivity index (χ1v) is 8.73. The molecule has 0 amide bonds. The summed E-state index contributed by atoms with van der Waals surface area (Å²) in [4.78, 5) is 11.5. The van der Waals surface area contributed by atoms with E-state index in [1.807, 2.05) is 31.2 Å². The summed E-state index contributed by atoms with van der Waals surface area (Å²) in [6.45, 7) is 9.28. The van der Waals surface area contributed by atoms with Crippen molar-refractivity contribution in [2.75, 3.05) is 13.2 Å². The summed E-state index contributed by atoms with van der Waals surface area (Å²) in [5.41, 5.74) is 2.48. The Labute approximate surface area is 153 Å². The predicted molar refractivity (Wildman–Crippen MR) is 103 cm³/mol. The molecule has 0 atom stereocenters. The fraction of sp³-hybridized carbons (Fsp3) is 0.318. The number of fused-ring (bicyclic) bond motifs is 1. The van der Waals surface area contributed by atoms with Crippen molar-refractivity contribution >= 4 is 11.0 Å². The van der Waals surface area contributed by atoms with E-state index >= 15 is 0 Å². The third kappa shape index (κ3) is 4.26. The molecular weight excluding hydrogens is 328 g/mol. The van der Waals surface area contributed by atoms with Crippen LogP contribution in [-0.4, -0.2) is 13.2 Å². The van der Waals surface area contributed by atoms with Gasteiger partial charge in [0.25, 0.3) is 0 Å². The molecule has 0 spiro atoms. The lowest BCUT2D eigenvalue weighted by Gasteiger charge is -2.19. The molecule has 26 heavy (non-hydrogen) atoms. The molecule has 136 valence electrons. The Hall–Kier alpha value is -2.75. The van der Waals surface area contributed by atoms with Crippen LogP contribution in [-0.2, 0) is 5.41 Å². The number of rotatable bonds is 5. The van der Waals surface area contributed by atoms with E-state index < -0.39 is 0 Å². The van der Waals surface area contributed by atoms with Crippen molar-refractivity contribution in [1.82, 2.24) is 0 Å². The van der Waals surface area contributed by atoms with Crippen molar-refractivity contribution in [3.63, 3.8) is 0 Å². The Bertz CT molecular complexity index is 947. The third-order valence-corrected chi connectivity index (χ3v) is 4.26. The molecule has 1 aromatic heterocycles. The second-order valence-corrected chi connectivity index (χ2v) is 7.38. The first-order chi connectivity index (χ1) is 12.3. The quantitative estimate of drug-likeness (QED) is 0.486. The molecule has 3 rings (SSSR count). The summed E-state index contributed by atoms with van der Waals surface area (Å²) >= 11 is 0. The molecule has 0 radical (unpaired) electrons. The van der Waals surface area contributed by atoms with Crippen LogP contribution in [0.15, 0.2) is 57.7 Å². The highest BCUT2D eigenvalue weighted by Gasteiger charge is 2.12. The Kier molecular flexibility index (Phi) is 5.03. The van der Waals surface area contributed by atoms with Crippen LogP contribution in [0.25, 0.3) is 11.0 Å². The van der Waals surface area contributed by atoms with Crippen molar-refractivity contribution < 1.29 is 13.9 Å². The van der Waals surface area contributed by atoms with Gasteiger partial charge < -0.3 is 13.9 Å². The summed E-state index contributed by atoms with van der Waals surface area (Å²) in [7, 11) is 0. The van der Waals surface area contributed by atoms with Gasteiger partial charge in [0.1, 0.15) is 30.3 Å². The fourth-order valence-corrected chi connectivity index (χ4v) is 2.77. The maximum absolute atomic E-state index is 11.5. The monoisotopic (exact) mass is 352 g/mol. The molecule has 0 aliphatic carbocycles. The summed E-state index contributed by atoms with van der Waals surface area (Å²) in [6.07, 6.45) is 0. The van der Waals surface area contributed by atoms with Gasteiger partial charge in [0, 0.05) is 17.5 Å². The van der Waals surface area contributed by atoms with E-state index in [1.54, 1.807) is 6.07 Å². The first kappa shape index (κ1) is 18.1. The lowest BCUT2D eigenvalue weighted by Crippen LogP contribution is -2.11. The number of aryl methyl sites for hydroxylation is 1. The normalized spacial score (nSPS) is 11.5. The van der Waals surface area contributed by atoms with E-state index in [4.69, 9.17) is 13.9 Å². The fourth-order valence-electron chi connectivity index (χ4n) is 2.77. The summed E-state index contributed by atoms with van der Waals surface area (Å²) in [5, 5.41) is 0.909. The topological polar surface area (TPSA) is 48.7 Å². The predicted octanol–water partition coefficient (Wildman–Crippen LogP) is 4.86. The van der Waals surface area contributed by atoms with Gasteiger partial charge in [0.05, 0.1) is 0 Å². The van der Waals surface area contributed by atoms with Gasteiger partial charge in [-0.05, 0) is 47.7 Å². The van der Waals surface area contributed by atoms with Gasteiger partial charge in [0.2, 0.25) is 0 Å². The Balaban J connectivity index is 1.57. The molecule has 0 saturated heterocycles. The lowest BCUT2D eigenvalue weighted by atomic mass is 9.87. The maximum atomic E-state index is 11.5. The highest BCUT2D eigenvalue weighted by Crippen LogP contribution is 2.24. The standard InChI is InChI=1S/C22H24O4/c1-15-13-21(23)26-20-14-18(9-10-19(15)20)25-12-11-24-17-7-5-16(6-8-17)22(2,3)4/h5-10,13-14H,11-12H2,1-4H3. The average Bonchev–Trinajstić information content (AvgIpc) is 2.58. The van der Waals surface area contributed by atoms with Gasteiger partial charge >= 0.3 is 5.63 Å². The Morgan fingerprint density at radius 3 is 2.15 bits per heavy atom. The smallest absolute Gasteiger partial charge is 0.336 e. The second-order valence-electron chi connectivity index (χ2n) is 7.38. The van der Waals surface area contributed by atoms with Gasteiger partial charge in [0.15, 0.2) is 0 Å². The molecular formula is C22H24O4. The van der Waals surface area contributed by atoms with E-state index in [0.717, 1.165) is 16.7 Å².